The maximum Gasteiger partial charge on any atom is 0.246 e. The summed E-state index contributed by atoms with van der Waals surface area (Å²) in [4.78, 5) is 32.3. The van der Waals surface area contributed by atoms with E-state index < -0.39 is 0 Å². The minimum absolute atomic E-state index is 0.00714. The first kappa shape index (κ1) is 18.2. The summed E-state index contributed by atoms with van der Waals surface area (Å²) >= 11 is 0. The summed E-state index contributed by atoms with van der Waals surface area (Å²) in [7, 11) is 0. The number of likely N-dealkylation sites (tertiary alicyclic amines) is 1. The summed E-state index contributed by atoms with van der Waals surface area (Å²) in [5, 5.41) is 0. The quantitative estimate of drug-likeness (QED) is 0.776. The van der Waals surface area contributed by atoms with Crippen LogP contribution in [0.3, 0.4) is 0 Å². The summed E-state index contributed by atoms with van der Waals surface area (Å²) < 4.78 is 2.30. The number of imidazole rings is 1. The standard InChI is InChI=1S/C20H26N4O2/c1-4-19(25)22(5-2)14-20(26)23-12-10-16(11-13-23)24-15(3)21-17-8-6-7-9-18(17)24/h4,6-9,16H,1,5,10-14H2,2-3H3. The SMILES string of the molecule is C=CC(=O)N(CC)CC(=O)N1CCC(n2c(C)nc3ccccc32)CC1. The molecule has 2 aromatic rings. The molecule has 6 heteroatoms. The molecular formula is C20H26N4O2. The van der Waals surface area contributed by atoms with Gasteiger partial charge in [0.1, 0.15) is 5.82 Å². The van der Waals surface area contributed by atoms with E-state index in [0.717, 1.165) is 29.7 Å². The Balaban J connectivity index is 1.65. The van der Waals surface area contributed by atoms with Gasteiger partial charge < -0.3 is 14.4 Å². The summed E-state index contributed by atoms with van der Waals surface area (Å²) in [6.07, 6.45) is 3.05. The average molecular weight is 354 g/mol. The number of rotatable bonds is 5. The first-order valence-corrected chi connectivity index (χ1v) is 9.17. The molecule has 0 N–H and O–H groups in total. The van der Waals surface area contributed by atoms with Crippen molar-refractivity contribution in [2.24, 2.45) is 0 Å². The Bertz CT molecular complexity index is 818. The molecule has 1 aromatic carbocycles. The summed E-state index contributed by atoms with van der Waals surface area (Å²) in [5.41, 5.74) is 2.17. The van der Waals surface area contributed by atoms with Crippen LogP contribution in [-0.4, -0.2) is 57.3 Å². The molecule has 138 valence electrons. The van der Waals surface area contributed by atoms with Gasteiger partial charge in [-0.2, -0.15) is 0 Å². The number of fused-ring (bicyclic) bond motifs is 1. The summed E-state index contributed by atoms with van der Waals surface area (Å²) in [5.74, 6) is 0.827. The Morgan fingerprint density at radius 1 is 1.31 bits per heavy atom. The van der Waals surface area contributed by atoms with Gasteiger partial charge in [0.2, 0.25) is 11.8 Å². The minimum atomic E-state index is -0.198. The number of likely N-dealkylation sites (N-methyl/N-ethyl adjacent to an activating group) is 1. The van der Waals surface area contributed by atoms with Crippen molar-refractivity contribution in [2.45, 2.75) is 32.7 Å². The molecule has 1 aliphatic heterocycles. The van der Waals surface area contributed by atoms with Crippen LogP contribution in [0.2, 0.25) is 0 Å². The van der Waals surface area contributed by atoms with Crippen LogP contribution in [0.25, 0.3) is 11.0 Å². The van der Waals surface area contributed by atoms with E-state index >= 15 is 0 Å². The number of amides is 2. The number of aromatic nitrogens is 2. The third-order valence-electron chi connectivity index (χ3n) is 5.15. The molecule has 0 bridgehead atoms. The van der Waals surface area contributed by atoms with Gasteiger partial charge >= 0.3 is 0 Å². The topological polar surface area (TPSA) is 58.4 Å². The molecule has 6 nitrogen and oxygen atoms in total. The number of carbonyl (C=O) groups excluding carboxylic acids is 2. The summed E-state index contributed by atoms with van der Waals surface area (Å²) in [6.45, 7) is 9.44. The van der Waals surface area contributed by atoms with Crippen LogP contribution < -0.4 is 0 Å². The Morgan fingerprint density at radius 3 is 2.65 bits per heavy atom. The number of nitrogens with zero attached hydrogens (tertiary/aromatic N) is 4. The lowest BCUT2D eigenvalue weighted by atomic mass is 10.0. The van der Waals surface area contributed by atoms with Gasteiger partial charge in [-0.1, -0.05) is 18.7 Å². The monoisotopic (exact) mass is 354 g/mol. The summed E-state index contributed by atoms with van der Waals surface area (Å²) in [6, 6.07) is 8.53. The molecule has 3 rings (SSSR count). The van der Waals surface area contributed by atoms with E-state index in [9.17, 15) is 9.59 Å². The van der Waals surface area contributed by atoms with Gasteiger partial charge in [0.15, 0.2) is 0 Å². The zero-order valence-corrected chi connectivity index (χ0v) is 15.5. The Kier molecular flexibility index (Phi) is 5.40. The fourth-order valence-corrected chi connectivity index (χ4v) is 3.74. The Labute approximate surface area is 154 Å². The van der Waals surface area contributed by atoms with E-state index in [1.165, 1.54) is 11.0 Å². The molecule has 0 unspecified atom stereocenters. The molecule has 0 atom stereocenters. The van der Waals surface area contributed by atoms with Crippen molar-refractivity contribution in [2.75, 3.05) is 26.2 Å². The number of para-hydroxylation sites is 2. The number of piperidine rings is 1. The zero-order chi connectivity index (χ0) is 18.7. The number of aryl methyl sites for hydroxylation is 1. The van der Waals surface area contributed by atoms with E-state index in [4.69, 9.17) is 0 Å². The first-order chi connectivity index (χ1) is 12.5. The second-order valence-electron chi connectivity index (χ2n) is 6.69. The maximum absolute atomic E-state index is 12.5. The molecule has 0 spiro atoms. The van der Waals surface area contributed by atoms with Gasteiger partial charge in [0.25, 0.3) is 0 Å². The van der Waals surface area contributed by atoms with Gasteiger partial charge in [-0.05, 0) is 44.9 Å². The van der Waals surface area contributed by atoms with E-state index in [1.54, 1.807) is 0 Å². The van der Waals surface area contributed by atoms with Gasteiger partial charge in [0, 0.05) is 25.7 Å². The number of carbonyl (C=O) groups is 2. The fourth-order valence-electron chi connectivity index (χ4n) is 3.74. The first-order valence-electron chi connectivity index (χ1n) is 9.17. The van der Waals surface area contributed by atoms with Crippen LogP contribution in [-0.2, 0) is 9.59 Å². The lowest BCUT2D eigenvalue weighted by molar-refractivity contribution is -0.138. The van der Waals surface area contributed by atoms with Crippen LogP contribution in [0.15, 0.2) is 36.9 Å². The number of hydrogen-bond acceptors (Lipinski definition) is 3. The highest BCUT2D eigenvalue weighted by Crippen LogP contribution is 2.28. The maximum atomic E-state index is 12.5. The van der Waals surface area contributed by atoms with Crippen molar-refractivity contribution in [3.63, 3.8) is 0 Å². The highest BCUT2D eigenvalue weighted by molar-refractivity contribution is 5.90. The predicted octanol–water partition coefficient (Wildman–Crippen LogP) is 2.54. The third kappa shape index (κ3) is 3.49. The highest BCUT2D eigenvalue weighted by atomic mass is 16.2. The Hall–Kier alpha value is -2.63. The lowest BCUT2D eigenvalue weighted by Crippen LogP contribution is -2.45. The molecule has 0 aliphatic carbocycles. The number of benzene rings is 1. The molecular weight excluding hydrogens is 328 g/mol. The van der Waals surface area contributed by atoms with E-state index in [0.29, 0.717) is 25.7 Å². The van der Waals surface area contributed by atoms with Crippen molar-refractivity contribution in [3.05, 3.63) is 42.7 Å². The molecule has 2 heterocycles. The third-order valence-corrected chi connectivity index (χ3v) is 5.15. The fraction of sp³-hybridized carbons (Fsp3) is 0.450. The predicted molar refractivity (Wildman–Crippen MR) is 102 cm³/mol. The second-order valence-corrected chi connectivity index (χ2v) is 6.69. The normalized spacial score (nSPS) is 15.2. The van der Waals surface area contributed by atoms with E-state index in [2.05, 4.69) is 22.2 Å². The molecule has 1 aromatic heterocycles. The van der Waals surface area contributed by atoms with Crippen molar-refractivity contribution >= 4 is 22.8 Å². The smallest absolute Gasteiger partial charge is 0.246 e. The molecule has 2 amide bonds. The largest absolute Gasteiger partial charge is 0.341 e. The lowest BCUT2D eigenvalue weighted by Gasteiger charge is -2.34. The van der Waals surface area contributed by atoms with Crippen molar-refractivity contribution in [3.8, 4) is 0 Å². The molecule has 1 aliphatic rings. The van der Waals surface area contributed by atoms with Crippen LogP contribution >= 0.6 is 0 Å². The average Bonchev–Trinajstić information content (AvgIpc) is 3.01. The van der Waals surface area contributed by atoms with E-state index in [-0.39, 0.29) is 18.4 Å². The van der Waals surface area contributed by atoms with Crippen molar-refractivity contribution in [1.29, 1.82) is 0 Å². The molecule has 0 radical (unpaired) electrons. The molecule has 0 saturated carbocycles. The van der Waals surface area contributed by atoms with Gasteiger partial charge in [-0.25, -0.2) is 4.98 Å². The van der Waals surface area contributed by atoms with E-state index in [1.807, 2.05) is 36.9 Å². The van der Waals surface area contributed by atoms with Crippen LogP contribution in [0, 0.1) is 6.92 Å². The Morgan fingerprint density at radius 2 is 2.00 bits per heavy atom. The van der Waals surface area contributed by atoms with Crippen LogP contribution in [0.5, 0.6) is 0 Å². The van der Waals surface area contributed by atoms with Gasteiger partial charge in [-0.3, -0.25) is 9.59 Å². The molecule has 1 fully saturated rings. The second kappa shape index (κ2) is 7.72. The van der Waals surface area contributed by atoms with Crippen molar-refractivity contribution < 1.29 is 9.59 Å². The molecule has 26 heavy (non-hydrogen) atoms. The zero-order valence-electron chi connectivity index (χ0n) is 15.5. The number of hydrogen-bond donors (Lipinski definition) is 0. The highest BCUT2D eigenvalue weighted by Gasteiger charge is 2.27. The van der Waals surface area contributed by atoms with Crippen LogP contribution in [0.4, 0.5) is 0 Å². The minimum Gasteiger partial charge on any atom is -0.341 e. The van der Waals surface area contributed by atoms with Gasteiger partial charge in [0.05, 0.1) is 17.6 Å². The molecule has 1 saturated heterocycles. The van der Waals surface area contributed by atoms with Crippen molar-refractivity contribution in [1.82, 2.24) is 19.4 Å². The van der Waals surface area contributed by atoms with Gasteiger partial charge in [-0.15, -0.1) is 0 Å². The van der Waals surface area contributed by atoms with Crippen LogP contribution in [0.1, 0.15) is 31.6 Å².